The van der Waals surface area contributed by atoms with Gasteiger partial charge < -0.3 is 9.64 Å². The molecule has 1 aromatic rings. The Labute approximate surface area is 111 Å². The van der Waals surface area contributed by atoms with Gasteiger partial charge in [-0.2, -0.15) is 0 Å². The van der Waals surface area contributed by atoms with E-state index in [4.69, 9.17) is 0 Å². The van der Waals surface area contributed by atoms with Crippen LogP contribution in [0.4, 0.5) is 14.5 Å². The van der Waals surface area contributed by atoms with Crippen molar-refractivity contribution in [2.75, 3.05) is 20.7 Å². The molecule has 0 N–H and O–H groups in total. The maximum absolute atomic E-state index is 13.1. The number of nitrogens with zero attached hydrogens (tertiary/aromatic N) is 2. The Kier molecular flexibility index (Phi) is 4.68. The highest BCUT2D eigenvalue weighted by Crippen LogP contribution is 2.23. The van der Waals surface area contributed by atoms with Gasteiger partial charge in [-0.05, 0) is 6.07 Å². The minimum Gasteiger partial charge on any atom is -0.468 e. The second-order valence-electron chi connectivity index (χ2n) is 3.78. The average molecular weight is 288 g/mol. The number of carbonyl (C=O) groups excluding carboxylic acids is 2. The molecular formula is C11H10F2N2O5. The molecule has 108 valence electrons. The second-order valence-corrected chi connectivity index (χ2v) is 3.78. The predicted molar refractivity (Wildman–Crippen MR) is 62.0 cm³/mol. The normalized spacial score (nSPS) is 10.0. The van der Waals surface area contributed by atoms with E-state index in [2.05, 4.69) is 4.74 Å². The summed E-state index contributed by atoms with van der Waals surface area (Å²) in [6.07, 6.45) is 0. The minimum absolute atomic E-state index is 0.314. The van der Waals surface area contributed by atoms with E-state index in [-0.39, 0.29) is 0 Å². The van der Waals surface area contributed by atoms with E-state index in [1.165, 1.54) is 7.05 Å². The van der Waals surface area contributed by atoms with Crippen LogP contribution in [0.3, 0.4) is 0 Å². The summed E-state index contributed by atoms with van der Waals surface area (Å²) in [6, 6.07) is 0.734. The van der Waals surface area contributed by atoms with Crippen LogP contribution < -0.4 is 0 Å². The Hall–Kier alpha value is -2.58. The smallest absolute Gasteiger partial charge is 0.325 e. The zero-order valence-electron chi connectivity index (χ0n) is 10.6. The van der Waals surface area contributed by atoms with Crippen LogP contribution in [-0.4, -0.2) is 42.4 Å². The number of methoxy groups -OCH3 is 1. The lowest BCUT2D eigenvalue weighted by molar-refractivity contribution is -0.385. The third-order valence-corrected chi connectivity index (χ3v) is 2.41. The molecular weight excluding hydrogens is 278 g/mol. The van der Waals surface area contributed by atoms with Gasteiger partial charge >= 0.3 is 5.97 Å². The molecule has 1 amide bonds. The van der Waals surface area contributed by atoms with Crippen LogP contribution in [0, 0.1) is 21.7 Å². The maximum Gasteiger partial charge on any atom is 0.325 e. The number of rotatable bonds is 4. The highest BCUT2D eigenvalue weighted by molar-refractivity contribution is 5.99. The fourth-order valence-electron chi connectivity index (χ4n) is 1.39. The van der Waals surface area contributed by atoms with Crippen LogP contribution in [0.2, 0.25) is 0 Å². The maximum atomic E-state index is 13.1. The van der Waals surface area contributed by atoms with Crippen molar-refractivity contribution in [3.63, 3.8) is 0 Å². The van der Waals surface area contributed by atoms with Crippen molar-refractivity contribution >= 4 is 17.6 Å². The summed E-state index contributed by atoms with van der Waals surface area (Å²) in [5.41, 5.74) is -1.54. The molecule has 0 aliphatic rings. The van der Waals surface area contributed by atoms with Crippen molar-refractivity contribution in [3.8, 4) is 0 Å². The lowest BCUT2D eigenvalue weighted by Crippen LogP contribution is -2.33. The van der Waals surface area contributed by atoms with Crippen LogP contribution in [0.1, 0.15) is 10.4 Å². The molecule has 0 saturated carbocycles. The first-order valence-electron chi connectivity index (χ1n) is 5.23. The van der Waals surface area contributed by atoms with Gasteiger partial charge in [-0.1, -0.05) is 0 Å². The summed E-state index contributed by atoms with van der Waals surface area (Å²) in [5.74, 6) is -4.60. The number of likely N-dealkylation sites (N-methyl/N-ethyl adjacent to an activating group) is 1. The number of carbonyl (C=O) groups is 2. The third-order valence-electron chi connectivity index (χ3n) is 2.41. The summed E-state index contributed by atoms with van der Waals surface area (Å²) in [5, 5.41) is 10.7. The lowest BCUT2D eigenvalue weighted by atomic mass is 10.1. The second kappa shape index (κ2) is 6.04. The van der Waals surface area contributed by atoms with E-state index >= 15 is 0 Å². The number of hydrogen-bond acceptors (Lipinski definition) is 5. The number of nitro benzene ring substituents is 1. The molecule has 0 fully saturated rings. The van der Waals surface area contributed by atoms with Crippen molar-refractivity contribution < 1.29 is 28.0 Å². The van der Waals surface area contributed by atoms with E-state index in [0.717, 1.165) is 12.0 Å². The number of ether oxygens (including phenoxy) is 1. The molecule has 0 radical (unpaired) electrons. The van der Waals surface area contributed by atoms with E-state index in [0.29, 0.717) is 12.1 Å². The van der Waals surface area contributed by atoms with Crippen molar-refractivity contribution in [2.45, 2.75) is 0 Å². The topological polar surface area (TPSA) is 89.8 Å². The van der Waals surface area contributed by atoms with Crippen LogP contribution in [0.25, 0.3) is 0 Å². The highest BCUT2D eigenvalue weighted by Gasteiger charge is 2.26. The largest absolute Gasteiger partial charge is 0.468 e. The Bertz CT molecular complexity index is 576. The van der Waals surface area contributed by atoms with E-state index in [1.807, 2.05) is 0 Å². The fourth-order valence-corrected chi connectivity index (χ4v) is 1.39. The Balaban J connectivity index is 3.18. The standard InChI is InChI=1S/C11H10F2N2O5/c1-14(5-10(16)20-2)11(17)6-3-7(12)8(13)4-9(6)15(18)19/h3-4H,5H2,1-2H3. The molecule has 1 rings (SSSR count). The van der Waals surface area contributed by atoms with Gasteiger partial charge in [0, 0.05) is 7.05 Å². The molecule has 0 unspecified atom stereocenters. The monoisotopic (exact) mass is 288 g/mol. The Morgan fingerprint density at radius 1 is 1.35 bits per heavy atom. The first kappa shape index (κ1) is 15.5. The Morgan fingerprint density at radius 3 is 2.40 bits per heavy atom. The van der Waals surface area contributed by atoms with Gasteiger partial charge in [-0.25, -0.2) is 8.78 Å². The number of amides is 1. The zero-order chi connectivity index (χ0) is 15.4. The number of hydrogen-bond donors (Lipinski definition) is 0. The molecule has 0 bridgehead atoms. The van der Waals surface area contributed by atoms with Crippen molar-refractivity contribution in [1.82, 2.24) is 4.90 Å². The first-order chi connectivity index (χ1) is 9.27. The van der Waals surface area contributed by atoms with Gasteiger partial charge in [0.1, 0.15) is 12.1 Å². The molecule has 20 heavy (non-hydrogen) atoms. The van der Waals surface area contributed by atoms with Gasteiger partial charge in [0.15, 0.2) is 11.6 Å². The van der Waals surface area contributed by atoms with Crippen LogP contribution in [0.5, 0.6) is 0 Å². The number of esters is 1. The molecule has 9 heteroatoms. The Morgan fingerprint density at radius 2 is 1.90 bits per heavy atom. The predicted octanol–water partition coefficient (Wildman–Crippen LogP) is 1.12. The molecule has 1 aromatic carbocycles. The molecule has 0 heterocycles. The van der Waals surface area contributed by atoms with E-state index < -0.39 is 46.2 Å². The minimum atomic E-state index is -1.44. The van der Waals surface area contributed by atoms with Gasteiger partial charge in [-0.3, -0.25) is 19.7 Å². The van der Waals surface area contributed by atoms with Crippen molar-refractivity contribution in [2.24, 2.45) is 0 Å². The molecule has 0 aliphatic carbocycles. The molecule has 0 atom stereocenters. The molecule has 0 aliphatic heterocycles. The summed E-state index contributed by atoms with van der Waals surface area (Å²) < 4.78 is 30.4. The molecule has 7 nitrogen and oxygen atoms in total. The van der Waals surface area contributed by atoms with Crippen molar-refractivity contribution in [3.05, 3.63) is 39.4 Å². The van der Waals surface area contributed by atoms with E-state index in [1.54, 1.807) is 0 Å². The van der Waals surface area contributed by atoms with Gasteiger partial charge in [-0.15, -0.1) is 0 Å². The molecule has 0 spiro atoms. The van der Waals surface area contributed by atoms with Crippen LogP contribution >= 0.6 is 0 Å². The summed E-state index contributed by atoms with van der Waals surface area (Å²) in [4.78, 5) is 33.5. The SMILES string of the molecule is COC(=O)CN(C)C(=O)c1cc(F)c(F)cc1[N+](=O)[O-]. The first-order valence-corrected chi connectivity index (χ1v) is 5.23. The summed E-state index contributed by atoms with van der Waals surface area (Å²) in [7, 11) is 2.27. The lowest BCUT2D eigenvalue weighted by Gasteiger charge is -2.15. The number of nitro groups is 1. The highest BCUT2D eigenvalue weighted by atomic mass is 19.2. The number of benzene rings is 1. The fraction of sp³-hybridized carbons (Fsp3) is 0.273. The molecule has 0 aromatic heterocycles. The van der Waals surface area contributed by atoms with E-state index in [9.17, 15) is 28.5 Å². The third kappa shape index (κ3) is 3.25. The summed E-state index contributed by atoms with van der Waals surface area (Å²) in [6.45, 7) is -0.481. The van der Waals surface area contributed by atoms with Crippen LogP contribution in [0.15, 0.2) is 12.1 Å². The summed E-state index contributed by atoms with van der Waals surface area (Å²) >= 11 is 0. The molecule has 0 saturated heterocycles. The average Bonchev–Trinajstić information content (AvgIpc) is 2.39. The number of halogens is 2. The van der Waals surface area contributed by atoms with Gasteiger partial charge in [0.25, 0.3) is 11.6 Å². The van der Waals surface area contributed by atoms with Crippen molar-refractivity contribution in [1.29, 1.82) is 0 Å². The van der Waals surface area contributed by atoms with Gasteiger partial charge in [0.2, 0.25) is 0 Å². The van der Waals surface area contributed by atoms with Gasteiger partial charge in [0.05, 0.1) is 18.1 Å². The van der Waals surface area contributed by atoms with Crippen LogP contribution in [-0.2, 0) is 9.53 Å². The zero-order valence-corrected chi connectivity index (χ0v) is 10.6. The quantitative estimate of drug-likeness (QED) is 0.470.